The smallest absolute Gasteiger partial charge is 0.243 e. The van der Waals surface area contributed by atoms with Crippen LogP contribution in [0.1, 0.15) is 68.0 Å². The van der Waals surface area contributed by atoms with E-state index in [4.69, 9.17) is 0 Å². The molecule has 0 N–H and O–H groups in total. The average molecular weight is 461 g/mol. The van der Waals surface area contributed by atoms with Crippen molar-refractivity contribution in [2.24, 2.45) is 5.92 Å². The molecule has 0 spiro atoms. The van der Waals surface area contributed by atoms with Gasteiger partial charge >= 0.3 is 0 Å². The Balaban J connectivity index is 1.42. The molecule has 0 unspecified atom stereocenters. The highest BCUT2D eigenvalue weighted by atomic mass is 32.2. The zero-order valence-electron chi connectivity index (χ0n) is 18.6. The predicted molar refractivity (Wildman–Crippen MR) is 125 cm³/mol. The van der Waals surface area contributed by atoms with Gasteiger partial charge in [0, 0.05) is 30.4 Å². The summed E-state index contributed by atoms with van der Waals surface area (Å²) in [5.41, 5.74) is 2.43. The SMILES string of the molecule is CC[C@H]1c2ccsc2CCN1C(=O)C1CCN(S(=O)(=O)c2ccc(C(C)C)cc2)CC1. The second kappa shape index (κ2) is 9.04. The Morgan fingerprint density at radius 3 is 2.39 bits per heavy atom. The summed E-state index contributed by atoms with van der Waals surface area (Å²) in [6.45, 7) is 7.90. The highest BCUT2D eigenvalue weighted by Crippen LogP contribution is 2.37. The molecule has 1 amide bonds. The molecule has 1 aromatic heterocycles. The van der Waals surface area contributed by atoms with Crippen LogP contribution in [0.4, 0.5) is 0 Å². The van der Waals surface area contributed by atoms with Crippen molar-refractivity contribution in [1.29, 1.82) is 0 Å². The number of hydrogen-bond donors (Lipinski definition) is 0. The van der Waals surface area contributed by atoms with E-state index in [9.17, 15) is 13.2 Å². The van der Waals surface area contributed by atoms with E-state index in [1.165, 1.54) is 10.4 Å². The van der Waals surface area contributed by atoms with E-state index in [1.54, 1.807) is 27.8 Å². The number of fused-ring (bicyclic) bond motifs is 1. The lowest BCUT2D eigenvalue weighted by atomic mass is 9.92. The van der Waals surface area contributed by atoms with Gasteiger partial charge in [-0.3, -0.25) is 4.79 Å². The molecule has 0 radical (unpaired) electrons. The van der Waals surface area contributed by atoms with Crippen LogP contribution in [-0.4, -0.2) is 43.2 Å². The van der Waals surface area contributed by atoms with Gasteiger partial charge in [-0.25, -0.2) is 8.42 Å². The molecule has 0 bridgehead atoms. The van der Waals surface area contributed by atoms with Crippen LogP contribution >= 0.6 is 11.3 Å². The van der Waals surface area contributed by atoms with Gasteiger partial charge in [0.25, 0.3) is 0 Å². The van der Waals surface area contributed by atoms with Crippen molar-refractivity contribution in [3.8, 4) is 0 Å². The highest BCUT2D eigenvalue weighted by molar-refractivity contribution is 7.89. The van der Waals surface area contributed by atoms with Crippen LogP contribution in [0.5, 0.6) is 0 Å². The van der Waals surface area contributed by atoms with Crippen LogP contribution in [0, 0.1) is 5.92 Å². The van der Waals surface area contributed by atoms with Crippen LogP contribution in [-0.2, 0) is 21.2 Å². The summed E-state index contributed by atoms with van der Waals surface area (Å²) in [6, 6.07) is 9.53. The third-order valence-electron chi connectivity index (χ3n) is 6.75. The van der Waals surface area contributed by atoms with Crippen molar-refractivity contribution in [2.45, 2.75) is 63.3 Å². The first-order chi connectivity index (χ1) is 14.8. The molecule has 0 aliphatic carbocycles. The summed E-state index contributed by atoms with van der Waals surface area (Å²) >= 11 is 1.79. The van der Waals surface area contributed by atoms with Crippen molar-refractivity contribution in [3.05, 3.63) is 51.7 Å². The topological polar surface area (TPSA) is 57.7 Å². The fraction of sp³-hybridized carbons (Fsp3) is 0.542. The standard InChI is InChI=1S/C24H32N2O3S2/c1-4-22-21-12-16-30-23(21)11-15-26(22)24(27)19-9-13-25(14-10-19)31(28,29)20-7-5-18(6-8-20)17(2)3/h5-8,12,16-17,19,22H,4,9-11,13-15H2,1-3H3/t22-/m0/s1. The van der Waals surface area contributed by atoms with Gasteiger partial charge in [-0.2, -0.15) is 4.31 Å². The fourth-order valence-electron chi connectivity index (χ4n) is 4.85. The van der Waals surface area contributed by atoms with Crippen molar-refractivity contribution in [3.63, 3.8) is 0 Å². The van der Waals surface area contributed by atoms with Crippen LogP contribution in [0.15, 0.2) is 40.6 Å². The van der Waals surface area contributed by atoms with Crippen molar-refractivity contribution >= 4 is 27.3 Å². The molecule has 31 heavy (non-hydrogen) atoms. The number of rotatable bonds is 5. The number of benzene rings is 1. The van der Waals surface area contributed by atoms with Gasteiger partial charge in [-0.1, -0.05) is 32.9 Å². The Morgan fingerprint density at radius 1 is 1.10 bits per heavy atom. The van der Waals surface area contributed by atoms with E-state index < -0.39 is 10.0 Å². The molecule has 0 saturated carbocycles. The number of nitrogens with zero attached hydrogens (tertiary/aromatic N) is 2. The number of sulfonamides is 1. The summed E-state index contributed by atoms with van der Waals surface area (Å²) in [7, 11) is -3.52. The number of carbonyl (C=O) groups is 1. The van der Waals surface area contributed by atoms with Crippen molar-refractivity contribution in [2.75, 3.05) is 19.6 Å². The van der Waals surface area contributed by atoms with Crippen LogP contribution in [0.25, 0.3) is 0 Å². The molecule has 5 nitrogen and oxygen atoms in total. The minimum Gasteiger partial charge on any atom is -0.335 e. The number of hydrogen-bond acceptors (Lipinski definition) is 4. The van der Waals surface area contributed by atoms with E-state index in [0.29, 0.717) is 36.7 Å². The lowest BCUT2D eigenvalue weighted by Crippen LogP contribution is -2.47. The molecule has 2 aromatic rings. The molecule has 1 fully saturated rings. The third-order valence-corrected chi connectivity index (χ3v) is 9.66. The molecule has 2 aliphatic rings. The summed E-state index contributed by atoms with van der Waals surface area (Å²) in [4.78, 5) is 17.1. The highest BCUT2D eigenvalue weighted by Gasteiger charge is 2.37. The molecule has 1 atom stereocenters. The molecule has 168 valence electrons. The second-order valence-electron chi connectivity index (χ2n) is 8.91. The maximum atomic E-state index is 13.3. The zero-order valence-corrected chi connectivity index (χ0v) is 20.2. The molecule has 2 aliphatic heterocycles. The molecule has 3 heterocycles. The van der Waals surface area contributed by atoms with Crippen LogP contribution in [0.3, 0.4) is 0 Å². The van der Waals surface area contributed by atoms with Gasteiger partial charge in [-0.15, -0.1) is 11.3 Å². The average Bonchev–Trinajstić information content (AvgIpc) is 3.27. The number of piperidine rings is 1. The summed E-state index contributed by atoms with van der Waals surface area (Å²) in [5, 5.41) is 2.12. The molecule has 4 rings (SSSR count). The Kier molecular flexibility index (Phi) is 6.56. The monoisotopic (exact) mass is 460 g/mol. The Hall–Kier alpha value is -1.70. The largest absolute Gasteiger partial charge is 0.335 e. The lowest BCUT2D eigenvalue weighted by molar-refractivity contribution is -0.139. The third kappa shape index (κ3) is 4.32. The summed E-state index contributed by atoms with van der Waals surface area (Å²) in [6.07, 6.45) is 3.01. The number of carbonyl (C=O) groups excluding carboxylic acids is 1. The molecular formula is C24H32N2O3S2. The van der Waals surface area contributed by atoms with Crippen molar-refractivity contribution in [1.82, 2.24) is 9.21 Å². The normalized spacial score (nSPS) is 20.8. The number of amides is 1. The predicted octanol–water partition coefficient (Wildman–Crippen LogP) is 4.81. The van der Waals surface area contributed by atoms with Gasteiger partial charge in [0.15, 0.2) is 0 Å². The quantitative estimate of drug-likeness (QED) is 0.643. The van der Waals surface area contributed by atoms with Crippen LogP contribution < -0.4 is 0 Å². The first-order valence-electron chi connectivity index (χ1n) is 11.3. The maximum Gasteiger partial charge on any atom is 0.243 e. The molecule has 1 saturated heterocycles. The van der Waals surface area contributed by atoms with Gasteiger partial charge in [0.2, 0.25) is 15.9 Å². The minimum atomic E-state index is -3.52. The summed E-state index contributed by atoms with van der Waals surface area (Å²) < 4.78 is 27.7. The van der Waals surface area contributed by atoms with Gasteiger partial charge in [-0.05, 0) is 66.3 Å². The molecule has 1 aromatic carbocycles. The first-order valence-corrected chi connectivity index (χ1v) is 13.6. The Morgan fingerprint density at radius 2 is 1.77 bits per heavy atom. The van der Waals surface area contributed by atoms with E-state index >= 15 is 0 Å². The van der Waals surface area contributed by atoms with Gasteiger partial charge in [0.05, 0.1) is 10.9 Å². The second-order valence-corrected chi connectivity index (χ2v) is 11.8. The van der Waals surface area contributed by atoms with E-state index in [1.807, 2.05) is 12.1 Å². The minimum absolute atomic E-state index is 0.0935. The molecule has 7 heteroatoms. The first kappa shape index (κ1) is 22.5. The van der Waals surface area contributed by atoms with Gasteiger partial charge < -0.3 is 4.90 Å². The Labute approximate surface area is 190 Å². The fourth-order valence-corrected chi connectivity index (χ4v) is 7.25. The Bertz CT molecular complexity index is 1020. The van der Waals surface area contributed by atoms with E-state index in [0.717, 1.165) is 24.9 Å². The maximum absolute atomic E-state index is 13.3. The van der Waals surface area contributed by atoms with E-state index in [2.05, 4.69) is 37.1 Å². The molecular weight excluding hydrogens is 428 g/mol. The van der Waals surface area contributed by atoms with E-state index in [-0.39, 0.29) is 17.9 Å². The van der Waals surface area contributed by atoms with Gasteiger partial charge in [0.1, 0.15) is 0 Å². The zero-order chi connectivity index (χ0) is 22.2. The number of thiophene rings is 1. The lowest BCUT2D eigenvalue weighted by Gasteiger charge is -2.39. The van der Waals surface area contributed by atoms with Crippen molar-refractivity contribution < 1.29 is 13.2 Å². The van der Waals surface area contributed by atoms with Crippen LogP contribution in [0.2, 0.25) is 0 Å². The summed E-state index contributed by atoms with van der Waals surface area (Å²) in [5.74, 6) is 0.469.